The molecule has 0 aliphatic heterocycles. The molecule has 0 saturated heterocycles. The summed E-state index contributed by atoms with van der Waals surface area (Å²) in [6, 6.07) is 9.96. The van der Waals surface area contributed by atoms with E-state index in [1.807, 2.05) is 18.4 Å². The van der Waals surface area contributed by atoms with E-state index in [0.29, 0.717) is 17.0 Å². The SMILES string of the molecule is COc1cccc(F)c1-c1cc(C)ncc1C(=O)Nc1nnc(OCc2ccc(SC)cn2)s1. The number of nitrogens with zero attached hydrogens (tertiary/aromatic N) is 4. The van der Waals surface area contributed by atoms with Gasteiger partial charge in [-0.1, -0.05) is 11.2 Å². The fourth-order valence-corrected chi connectivity index (χ4v) is 4.07. The van der Waals surface area contributed by atoms with Gasteiger partial charge in [-0.05, 0) is 54.8 Å². The molecule has 0 aliphatic carbocycles. The van der Waals surface area contributed by atoms with Crippen molar-refractivity contribution in [2.75, 3.05) is 18.7 Å². The predicted molar refractivity (Wildman–Crippen MR) is 129 cm³/mol. The lowest BCUT2D eigenvalue weighted by Crippen LogP contribution is -2.14. The van der Waals surface area contributed by atoms with E-state index in [1.165, 1.54) is 19.4 Å². The Morgan fingerprint density at radius 1 is 1.18 bits per heavy atom. The zero-order chi connectivity index (χ0) is 24.1. The van der Waals surface area contributed by atoms with E-state index in [1.54, 1.807) is 43.1 Å². The minimum absolute atomic E-state index is 0.171. The van der Waals surface area contributed by atoms with Crippen molar-refractivity contribution in [3.8, 4) is 22.1 Å². The van der Waals surface area contributed by atoms with Crippen LogP contribution in [0.5, 0.6) is 10.9 Å². The van der Waals surface area contributed by atoms with Crippen molar-refractivity contribution in [1.82, 2.24) is 20.2 Å². The van der Waals surface area contributed by atoms with E-state index >= 15 is 0 Å². The number of methoxy groups -OCH3 is 1. The Kier molecular flexibility index (Phi) is 7.33. The number of carbonyl (C=O) groups is 1. The molecule has 1 N–H and O–H groups in total. The summed E-state index contributed by atoms with van der Waals surface area (Å²) in [5.74, 6) is -0.708. The van der Waals surface area contributed by atoms with E-state index in [0.717, 1.165) is 21.9 Å². The van der Waals surface area contributed by atoms with Crippen molar-refractivity contribution in [2.45, 2.75) is 18.4 Å². The van der Waals surface area contributed by atoms with Gasteiger partial charge in [0.15, 0.2) is 0 Å². The third-order valence-electron chi connectivity index (χ3n) is 4.75. The molecule has 0 atom stereocenters. The molecular formula is C23H20FN5O3S2. The van der Waals surface area contributed by atoms with E-state index < -0.39 is 11.7 Å². The Labute approximate surface area is 203 Å². The molecule has 0 radical (unpaired) electrons. The van der Waals surface area contributed by atoms with Crippen molar-refractivity contribution in [1.29, 1.82) is 0 Å². The minimum atomic E-state index is -0.509. The number of hydrogen-bond donors (Lipinski definition) is 1. The first kappa shape index (κ1) is 23.6. The van der Waals surface area contributed by atoms with Crippen LogP contribution in [0, 0.1) is 12.7 Å². The predicted octanol–water partition coefficient (Wildman–Crippen LogP) is 5.00. The summed E-state index contributed by atoms with van der Waals surface area (Å²) in [5.41, 5.74) is 2.09. The van der Waals surface area contributed by atoms with Crippen LogP contribution in [0.3, 0.4) is 0 Å². The molecule has 1 aromatic carbocycles. The first-order valence-electron chi connectivity index (χ1n) is 10.0. The fraction of sp³-hybridized carbons (Fsp3) is 0.174. The number of benzene rings is 1. The van der Waals surface area contributed by atoms with Crippen LogP contribution in [-0.4, -0.2) is 39.4 Å². The second-order valence-electron chi connectivity index (χ2n) is 6.99. The number of ether oxygens (including phenoxy) is 2. The molecule has 0 unspecified atom stereocenters. The molecule has 0 fully saturated rings. The number of nitrogens with one attached hydrogen (secondary N) is 1. The van der Waals surface area contributed by atoms with Gasteiger partial charge in [-0.3, -0.25) is 20.1 Å². The molecule has 4 aromatic rings. The average Bonchev–Trinajstić information content (AvgIpc) is 3.29. The maximum atomic E-state index is 14.7. The monoisotopic (exact) mass is 497 g/mol. The zero-order valence-corrected chi connectivity index (χ0v) is 20.2. The topological polar surface area (TPSA) is 99.1 Å². The highest BCUT2D eigenvalue weighted by Gasteiger charge is 2.21. The number of carbonyl (C=O) groups excluding carboxylic acids is 1. The molecule has 3 heterocycles. The summed E-state index contributed by atoms with van der Waals surface area (Å²) < 4.78 is 25.7. The largest absolute Gasteiger partial charge is 0.496 e. The Morgan fingerprint density at radius 3 is 2.76 bits per heavy atom. The Balaban J connectivity index is 1.51. The van der Waals surface area contributed by atoms with Crippen LogP contribution in [0.25, 0.3) is 11.1 Å². The molecular weight excluding hydrogens is 477 g/mol. The standard InChI is InChI=1S/C23H20FN5O3S2/c1-13-9-16(20-18(24)5-4-6-19(20)31-2)17(11-25-13)21(30)27-22-28-29-23(34-22)32-12-14-7-8-15(33-3)10-26-14/h4-11H,12H2,1-3H3,(H,27,28,30). The van der Waals surface area contributed by atoms with Gasteiger partial charge in [0, 0.05) is 28.5 Å². The quantitative estimate of drug-likeness (QED) is 0.340. The lowest BCUT2D eigenvalue weighted by molar-refractivity contribution is 0.102. The number of rotatable bonds is 8. The number of hydrogen-bond acceptors (Lipinski definition) is 9. The molecule has 8 nitrogen and oxygen atoms in total. The van der Waals surface area contributed by atoms with Gasteiger partial charge in [0.2, 0.25) is 5.13 Å². The van der Waals surface area contributed by atoms with Crippen LogP contribution < -0.4 is 14.8 Å². The number of halogens is 1. The molecule has 174 valence electrons. The van der Waals surface area contributed by atoms with Crippen LogP contribution >= 0.6 is 23.1 Å². The highest BCUT2D eigenvalue weighted by molar-refractivity contribution is 7.98. The summed E-state index contributed by atoms with van der Waals surface area (Å²) in [6.45, 7) is 1.98. The van der Waals surface area contributed by atoms with Gasteiger partial charge in [-0.25, -0.2) is 4.39 Å². The van der Waals surface area contributed by atoms with Crippen molar-refractivity contribution in [2.24, 2.45) is 0 Å². The number of anilines is 1. The van der Waals surface area contributed by atoms with E-state index in [9.17, 15) is 9.18 Å². The normalized spacial score (nSPS) is 10.7. The zero-order valence-electron chi connectivity index (χ0n) is 18.5. The van der Waals surface area contributed by atoms with E-state index in [4.69, 9.17) is 9.47 Å². The van der Waals surface area contributed by atoms with Gasteiger partial charge >= 0.3 is 0 Å². The summed E-state index contributed by atoms with van der Waals surface area (Å²) in [6.07, 6.45) is 5.15. The van der Waals surface area contributed by atoms with Crippen molar-refractivity contribution < 1.29 is 18.7 Å². The highest BCUT2D eigenvalue weighted by Crippen LogP contribution is 2.35. The van der Waals surface area contributed by atoms with Gasteiger partial charge in [0.05, 0.1) is 23.9 Å². The van der Waals surface area contributed by atoms with Gasteiger partial charge in [-0.15, -0.1) is 16.9 Å². The summed E-state index contributed by atoms with van der Waals surface area (Å²) >= 11 is 2.68. The molecule has 11 heteroatoms. The number of thioether (sulfide) groups is 1. The fourth-order valence-electron chi connectivity index (χ4n) is 3.12. The van der Waals surface area contributed by atoms with Crippen LogP contribution in [0.4, 0.5) is 9.52 Å². The highest BCUT2D eigenvalue weighted by atomic mass is 32.2. The number of aryl methyl sites for hydroxylation is 1. The van der Waals surface area contributed by atoms with E-state index in [2.05, 4.69) is 25.5 Å². The van der Waals surface area contributed by atoms with Gasteiger partial charge in [0.25, 0.3) is 11.1 Å². The first-order valence-corrected chi connectivity index (χ1v) is 12.1. The van der Waals surface area contributed by atoms with E-state index in [-0.39, 0.29) is 28.1 Å². The molecule has 1 amide bonds. The third kappa shape index (κ3) is 5.32. The maximum Gasteiger partial charge on any atom is 0.296 e. The van der Waals surface area contributed by atoms with Crippen molar-refractivity contribution in [3.63, 3.8) is 0 Å². The van der Waals surface area contributed by atoms with Gasteiger partial charge in [0.1, 0.15) is 18.2 Å². The number of pyridine rings is 2. The molecule has 0 spiro atoms. The maximum absolute atomic E-state index is 14.7. The summed E-state index contributed by atoms with van der Waals surface area (Å²) in [4.78, 5) is 22.6. The Hall–Kier alpha value is -3.57. The van der Waals surface area contributed by atoms with Gasteiger partial charge < -0.3 is 9.47 Å². The average molecular weight is 498 g/mol. The third-order valence-corrected chi connectivity index (χ3v) is 6.22. The lowest BCUT2D eigenvalue weighted by Gasteiger charge is -2.14. The first-order chi connectivity index (χ1) is 16.5. The van der Waals surface area contributed by atoms with Crippen LogP contribution in [0.1, 0.15) is 21.7 Å². The Bertz CT molecular complexity index is 1310. The van der Waals surface area contributed by atoms with Crippen LogP contribution in [-0.2, 0) is 6.61 Å². The van der Waals surface area contributed by atoms with Gasteiger partial charge in [-0.2, -0.15) is 0 Å². The second kappa shape index (κ2) is 10.6. The number of aromatic nitrogens is 4. The molecule has 34 heavy (non-hydrogen) atoms. The second-order valence-corrected chi connectivity index (χ2v) is 8.81. The van der Waals surface area contributed by atoms with Crippen LogP contribution in [0.2, 0.25) is 0 Å². The molecule has 3 aromatic heterocycles. The van der Waals surface area contributed by atoms with Crippen LogP contribution in [0.15, 0.2) is 53.7 Å². The molecule has 0 saturated carbocycles. The summed E-state index contributed by atoms with van der Waals surface area (Å²) in [7, 11) is 1.45. The summed E-state index contributed by atoms with van der Waals surface area (Å²) in [5, 5.41) is 11.1. The molecule has 0 bridgehead atoms. The Morgan fingerprint density at radius 2 is 2.03 bits per heavy atom. The smallest absolute Gasteiger partial charge is 0.296 e. The lowest BCUT2D eigenvalue weighted by atomic mass is 9.98. The minimum Gasteiger partial charge on any atom is -0.496 e. The van der Waals surface area contributed by atoms with Crippen molar-refractivity contribution in [3.05, 3.63) is 71.6 Å². The van der Waals surface area contributed by atoms with Crippen molar-refractivity contribution >= 4 is 34.1 Å². The number of amides is 1. The molecule has 0 aliphatic rings. The molecule has 4 rings (SSSR count).